The third-order valence-electron chi connectivity index (χ3n) is 9.05. The first-order chi connectivity index (χ1) is 20.9. The Labute approximate surface area is 258 Å². The molecule has 43 heavy (non-hydrogen) atoms. The molecule has 2 aliphatic rings. The molecule has 2 fully saturated rings. The molecule has 4 aromatic rings. The summed E-state index contributed by atoms with van der Waals surface area (Å²) in [5, 5.41) is 12.4. The number of carbonyl (C=O) groups excluding carboxylic acids is 1. The summed E-state index contributed by atoms with van der Waals surface area (Å²) < 4.78 is 5.51. The second kappa shape index (κ2) is 13.0. The van der Waals surface area contributed by atoms with E-state index in [1.165, 1.54) is 10.4 Å². The highest BCUT2D eigenvalue weighted by Gasteiger charge is 2.40. The number of aliphatic hydroxyl groups is 1. The lowest BCUT2D eigenvalue weighted by atomic mass is 9.78. The second-order valence-electron chi connectivity index (χ2n) is 12.0. The summed E-state index contributed by atoms with van der Waals surface area (Å²) in [6.07, 6.45) is 6.35. The number of para-hydroxylation sites is 1. The maximum absolute atomic E-state index is 14.0. The normalized spacial score (nSPS) is 20.6. The number of ether oxygens (including phenoxy) is 1. The van der Waals surface area contributed by atoms with E-state index in [4.69, 9.17) is 4.74 Å². The summed E-state index contributed by atoms with van der Waals surface area (Å²) >= 11 is 1.72. The fourth-order valence-corrected chi connectivity index (χ4v) is 7.53. The molecule has 1 N–H and O–H groups in total. The van der Waals surface area contributed by atoms with Crippen molar-refractivity contribution in [2.24, 2.45) is 5.92 Å². The van der Waals surface area contributed by atoms with Gasteiger partial charge in [-0.2, -0.15) is 0 Å². The summed E-state index contributed by atoms with van der Waals surface area (Å²) in [5.74, 6) is 1.06. The van der Waals surface area contributed by atoms with Crippen LogP contribution in [-0.4, -0.2) is 69.7 Å². The first-order valence-corrected chi connectivity index (χ1v) is 16.0. The Morgan fingerprint density at radius 3 is 2.51 bits per heavy atom. The molecule has 0 unspecified atom stereocenters. The molecule has 2 atom stereocenters. The molecule has 2 saturated heterocycles. The minimum absolute atomic E-state index is 0.0743. The van der Waals surface area contributed by atoms with Crippen molar-refractivity contribution in [1.82, 2.24) is 19.8 Å². The molecule has 6 rings (SSSR count). The number of hydrogen-bond acceptors (Lipinski definition) is 7. The van der Waals surface area contributed by atoms with Crippen LogP contribution in [0.1, 0.15) is 46.9 Å². The van der Waals surface area contributed by atoms with Crippen LogP contribution in [0.25, 0.3) is 10.6 Å². The topological polar surface area (TPSA) is 78.8 Å². The summed E-state index contributed by atoms with van der Waals surface area (Å²) in [4.78, 5) is 28.8. The van der Waals surface area contributed by atoms with Crippen LogP contribution in [0, 0.1) is 12.8 Å². The first kappa shape index (κ1) is 29.5. The van der Waals surface area contributed by atoms with Crippen molar-refractivity contribution in [3.63, 3.8) is 0 Å². The molecule has 0 spiro atoms. The number of methoxy groups -OCH3 is 1. The lowest BCUT2D eigenvalue weighted by Gasteiger charge is -2.43. The predicted molar refractivity (Wildman–Crippen MR) is 170 cm³/mol. The van der Waals surface area contributed by atoms with Gasteiger partial charge in [0.1, 0.15) is 10.8 Å². The van der Waals surface area contributed by atoms with Gasteiger partial charge in [-0.05, 0) is 62.1 Å². The molecule has 2 aromatic heterocycles. The van der Waals surface area contributed by atoms with Crippen molar-refractivity contribution < 1.29 is 14.6 Å². The highest BCUT2D eigenvalue weighted by molar-refractivity contribution is 7.15. The van der Waals surface area contributed by atoms with Crippen LogP contribution in [-0.2, 0) is 17.8 Å². The fourth-order valence-electron chi connectivity index (χ4n) is 6.58. The van der Waals surface area contributed by atoms with Gasteiger partial charge in [0, 0.05) is 73.0 Å². The van der Waals surface area contributed by atoms with Crippen LogP contribution < -0.4 is 4.74 Å². The number of aryl methyl sites for hydroxylation is 1. The van der Waals surface area contributed by atoms with Crippen molar-refractivity contribution in [2.75, 3.05) is 33.3 Å². The minimum Gasteiger partial charge on any atom is -0.496 e. The highest BCUT2D eigenvalue weighted by Crippen LogP contribution is 2.37. The van der Waals surface area contributed by atoms with E-state index in [1.54, 1.807) is 18.4 Å². The van der Waals surface area contributed by atoms with Crippen LogP contribution >= 0.6 is 11.3 Å². The van der Waals surface area contributed by atoms with Crippen LogP contribution in [0.2, 0.25) is 0 Å². The molecular formula is C35H40N4O3S. The molecule has 1 amide bonds. The third-order valence-corrected chi connectivity index (χ3v) is 10.1. The molecule has 8 heteroatoms. The zero-order chi connectivity index (χ0) is 29.8. The summed E-state index contributed by atoms with van der Waals surface area (Å²) in [6, 6.07) is 22.5. The summed E-state index contributed by atoms with van der Waals surface area (Å²) in [6.45, 7) is 5.65. The Morgan fingerprint density at radius 1 is 1.00 bits per heavy atom. The number of hydrogen-bond donors (Lipinski definition) is 1. The Balaban J connectivity index is 1.12. The van der Waals surface area contributed by atoms with E-state index in [0.717, 1.165) is 53.6 Å². The van der Waals surface area contributed by atoms with E-state index < -0.39 is 5.60 Å². The molecule has 224 valence electrons. The van der Waals surface area contributed by atoms with Gasteiger partial charge in [-0.25, -0.2) is 4.98 Å². The summed E-state index contributed by atoms with van der Waals surface area (Å²) in [7, 11) is 1.66. The Hall–Kier alpha value is -3.59. The molecule has 0 bridgehead atoms. The smallest absolute Gasteiger partial charge is 0.226 e. The van der Waals surface area contributed by atoms with Gasteiger partial charge in [0.2, 0.25) is 5.91 Å². The van der Waals surface area contributed by atoms with Gasteiger partial charge in [-0.3, -0.25) is 14.7 Å². The van der Waals surface area contributed by atoms with Gasteiger partial charge < -0.3 is 14.7 Å². The van der Waals surface area contributed by atoms with E-state index in [0.29, 0.717) is 32.4 Å². The molecule has 2 aromatic carbocycles. The van der Waals surface area contributed by atoms with Crippen LogP contribution in [0.4, 0.5) is 0 Å². The molecular weight excluding hydrogens is 556 g/mol. The number of benzene rings is 2. The lowest BCUT2D eigenvalue weighted by Crippen LogP contribution is -2.52. The van der Waals surface area contributed by atoms with Crippen LogP contribution in [0.5, 0.6) is 5.75 Å². The largest absolute Gasteiger partial charge is 0.496 e. The molecule has 7 nitrogen and oxygen atoms in total. The van der Waals surface area contributed by atoms with Gasteiger partial charge in [0.05, 0.1) is 12.7 Å². The van der Waals surface area contributed by atoms with Crippen LogP contribution in [0.15, 0.2) is 79.1 Å². The van der Waals surface area contributed by atoms with Crippen molar-refractivity contribution in [2.45, 2.75) is 50.7 Å². The SMILES string of the molecule is COc1ccccc1CC1(O)CCN(C(=O)[C@@H]2CCN(Cc3cnc(-c4ccc(C)nc4)s3)C[C@H]2c2ccccc2)CC1. The number of rotatable bonds is 8. The number of likely N-dealkylation sites (tertiary alicyclic amines) is 2. The molecule has 2 aliphatic heterocycles. The van der Waals surface area contributed by atoms with E-state index in [2.05, 4.69) is 45.2 Å². The van der Waals surface area contributed by atoms with Gasteiger partial charge in [0.25, 0.3) is 0 Å². The first-order valence-electron chi connectivity index (χ1n) is 15.2. The average molecular weight is 597 g/mol. The van der Waals surface area contributed by atoms with Crippen molar-refractivity contribution in [1.29, 1.82) is 0 Å². The van der Waals surface area contributed by atoms with Crippen molar-refractivity contribution in [3.8, 4) is 16.3 Å². The number of pyridine rings is 1. The van der Waals surface area contributed by atoms with Crippen molar-refractivity contribution in [3.05, 3.63) is 101 Å². The van der Waals surface area contributed by atoms with Gasteiger partial charge >= 0.3 is 0 Å². The van der Waals surface area contributed by atoms with Gasteiger partial charge in [0.15, 0.2) is 0 Å². The standard InChI is InChI=1S/C35H40N4O3S/c1-25-12-13-28(21-36-25)33-37-22-29(43-33)23-38-17-14-30(31(24-38)26-8-4-3-5-9-26)34(40)39-18-15-35(41,16-19-39)20-27-10-6-7-11-32(27)42-2/h3-13,21-22,30-31,41H,14-20,23-24H2,1-2H3/t30-,31+/m1/s1. The molecule has 4 heterocycles. The monoisotopic (exact) mass is 596 g/mol. The van der Waals surface area contributed by atoms with Crippen LogP contribution in [0.3, 0.4) is 0 Å². The quantitative estimate of drug-likeness (QED) is 0.280. The lowest BCUT2D eigenvalue weighted by molar-refractivity contribution is -0.142. The zero-order valence-electron chi connectivity index (χ0n) is 25.0. The number of carbonyl (C=O) groups is 1. The number of amides is 1. The van der Waals surface area contributed by atoms with E-state index >= 15 is 0 Å². The Morgan fingerprint density at radius 2 is 1.77 bits per heavy atom. The zero-order valence-corrected chi connectivity index (χ0v) is 25.8. The maximum Gasteiger partial charge on any atom is 0.226 e. The Kier molecular flexibility index (Phi) is 8.88. The third kappa shape index (κ3) is 6.82. The van der Waals surface area contributed by atoms with Crippen molar-refractivity contribution >= 4 is 17.2 Å². The average Bonchev–Trinajstić information content (AvgIpc) is 3.50. The molecule has 0 radical (unpaired) electrons. The van der Waals surface area contributed by atoms with E-state index in [9.17, 15) is 9.90 Å². The Bertz CT molecular complexity index is 1520. The van der Waals surface area contributed by atoms with E-state index in [1.807, 2.05) is 60.6 Å². The predicted octanol–water partition coefficient (Wildman–Crippen LogP) is 5.72. The maximum atomic E-state index is 14.0. The second-order valence-corrected chi connectivity index (χ2v) is 13.1. The number of thiazole rings is 1. The van der Waals surface area contributed by atoms with E-state index in [-0.39, 0.29) is 17.7 Å². The fraction of sp³-hybridized carbons (Fsp3) is 0.400. The number of aromatic nitrogens is 2. The van der Waals surface area contributed by atoms with Gasteiger partial charge in [-0.1, -0.05) is 48.5 Å². The molecule has 0 saturated carbocycles. The van der Waals surface area contributed by atoms with Gasteiger partial charge in [-0.15, -0.1) is 11.3 Å². The minimum atomic E-state index is -0.837. The highest BCUT2D eigenvalue weighted by atomic mass is 32.1. The molecule has 0 aliphatic carbocycles. The number of piperidine rings is 2. The summed E-state index contributed by atoms with van der Waals surface area (Å²) in [5.41, 5.74) is 3.43. The number of nitrogens with zero attached hydrogens (tertiary/aromatic N) is 4.